The fraction of sp³-hybridized carbons (Fsp3) is 0.400. The van der Waals surface area contributed by atoms with Gasteiger partial charge in [0, 0.05) is 11.6 Å². The van der Waals surface area contributed by atoms with Gasteiger partial charge in [-0.25, -0.2) is 4.79 Å². The number of amides is 2. The molecular weight excluding hydrogens is 394 g/mol. The fourth-order valence-corrected chi connectivity index (χ4v) is 4.34. The summed E-state index contributed by atoms with van der Waals surface area (Å²) in [5.74, 6) is -1.98. The number of carbonyl (C=O) groups excluding carboxylic acids is 3. The lowest BCUT2D eigenvalue weighted by Crippen LogP contribution is -2.28. The molecule has 1 heterocycles. The molecule has 2 aliphatic carbocycles. The molecule has 3 aliphatic rings. The van der Waals surface area contributed by atoms with Gasteiger partial charge in [0.2, 0.25) is 0 Å². The molecule has 156 valence electrons. The Kier molecular flexibility index (Phi) is 5.06. The standard InChI is InChI=1S/C20H19N3O7/c1-2-29-16(24)10-30-15-6-3-11(7-14(15)23(27)28)9-21-22-19(25)17-12-4-5-13(8-12)18(17)20(22)26/h3-7,9,12-13,17-18H,2,8,10H2,1H3. The third-order valence-electron chi connectivity index (χ3n) is 5.60. The molecular formula is C20H19N3O7. The molecule has 4 rings (SSSR count). The molecule has 1 saturated carbocycles. The van der Waals surface area contributed by atoms with E-state index in [4.69, 9.17) is 9.47 Å². The summed E-state index contributed by atoms with van der Waals surface area (Å²) < 4.78 is 9.90. The Hall–Kier alpha value is -3.56. The molecule has 2 bridgehead atoms. The first kappa shape index (κ1) is 19.7. The van der Waals surface area contributed by atoms with Crippen molar-refractivity contribution in [1.82, 2.24) is 5.01 Å². The van der Waals surface area contributed by atoms with Crippen LogP contribution < -0.4 is 4.74 Å². The van der Waals surface area contributed by atoms with Crippen LogP contribution in [0.5, 0.6) is 5.75 Å². The quantitative estimate of drug-likeness (QED) is 0.166. The van der Waals surface area contributed by atoms with Gasteiger partial charge in [-0.05, 0) is 37.3 Å². The number of allylic oxidation sites excluding steroid dienone is 2. The van der Waals surface area contributed by atoms with Crippen molar-refractivity contribution >= 4 is 29.7 Å². The molecule has 1 aromatic rings. The highest BCUT2D eigenvalue weighted by Crippen LogP contribution is 2.52. The number of ether oxygens (including phenoxy) is 2. The van der Waals surface area contributed by atoms with Gasteiger partial charge in [0.05, 0.1) is 29.6 Å². The van der Waals surface area contributed by atoms with E-state index in [0.29, 0.717) is 5.56 Å². The third kappa shape index (κ3) is 3.34. The van der Waals surface area contributed by atoms with Gasteiger partial charge in [-0.2, -0.15) is 10.1 Å². The summed E-state index contributed by atoms with van der Waals surface area (Å²) in [4.78, 5) is 47.4. The second-order valence-corrected chi connectivity index (χ2v) is 7.31. The number of fused-ring (bicyclic) bond motifs is 5. The number of hydrazone groups is 1. The van der Waals surface area contributed by atoms with Crippen LogP contribution in [0.4, 0.5) is 5.69 Å². The molecule has 1 aliphatic heterocycles. The Morgan fingerprint density at radius 2 is 1.93 bits per heavy atom. The maximum atomic E-state index is 12.6. The van der Waals surface area contributed by atoms with E-state index < -0.39 is 17.5 Å². The van der Waals surface area contributed by atoms with Crippen LogP contribution in [0.15, 0.2) is 35.5 Å². The van der Waals surface area contributed by atoms with Crippen LogP contribution in [-0.2, 0) is 19.1 Å². The van der Waals surface area contributed by atoms with E-state index in [1.807, 2.05) is 12.2 Å². The van der Waals surface area contributed by atoms with Gasteiger partial charge in [0.1, 0.15) is 0 Å². The van der Waals surface area contributed by atoms with Crippen LogP contribution in [0.2, 0.25) is 0 Å². The summed E-state index contributed by atoms with van der Waals surface area (Å²) >= 11 is 0. The molecule has 0 radical (unpaired) electrons. The number of nitrogens with zero attached hydrogens (tertiary/aromatic N) is 3. The number of imide groups is 1. The summed E-state index contributed by atoms with van der Waals surface area (Å²) in [6.07, 6.45) is 6.03. The zero-order valence-electron chi connectivity index (χ0n) is 16.1. The summed E-state index contributed by atoms with van der Waals surface area (Å²) in [5.41, 5.74) is -0.0645. The molecule has 1 saturated heterocycles. The first-order valence-corrected chi connectivity index (χ1v) is 9.57. The average Bonchev–Trinajstić information content (AvgIpc) is 3.40. The molecule has 10 heteroatoms. The fourth-order valence-electron chi connectivity index (χ4n) is 4.34. The normalized spacial score (nSPS) is 26.5. The highest BCUT2D eigenvalue weighted by Gasteiger charge is 2.59. The van der Waals surface area contributed by atoms with Gasteiger partial charge in [0.15, 0.2) is 12.4 Å². The molecule has 2 fully saturated rings. The van der Waals surface area contributed by atoms with E-state index in [0.717, 1.165) is 11.4 Å². The van der Waals surface area contributed by atoms with Crippen molar-refractivity contribution in [2.24, 2.45) is 28.8 Å². The molecule has 4 unspecified atom stereocenters. The minimum atomic E-state index is -0.655. The molecule has 0 spiro atoms. The smallest absolute Gasteiger partial charge is 0.344 e. The average molecular weight is 413 g/mol. The first-order chi connectivity index (χ1) is 14.4. The topological polar surface area (TPSA) is 128 Å². The zero-order chi connectivity index (χ0) is 21.4. The monoisotopic (exact) mass is 413 g/mol. The minimum Gasteiger partial charge on any atom is -0.475 e. The molecule has 4 atom stereocenters. The highest BCUT2D eigenvalue weighted by molar-refractivity contribution is 6.06. The second-order valence-electron chi connectivity index (χ2n) is 7.31. The predicted octanol–water partition coefficient (Wildman–Crippen LogP) is 1.68. The van der Waals surface area contributed by atoms with Gasteiger partial charge in [-0.1, -0.05) is 12.2 Å². The lowest BCUT2D eigenvalue weighted by atomic mass is 9.85. The number of esters is 1. The largest absolute Gasteiger partial charge is 0.475 e. The highest BCUT2D eigenvalue weighted by atomic mass is 16.6. The number of nitro groups is 1. The van der Waals surface area contributed by atoms with Gasteiger partial charge in [-0.15, -0.1) is 0 Å². The lowest BCUT2D eigenvalue weighted by Gasteiger charge is -2.13. The van der Waals surface area contributed by atoms with E-state index in [2.05, 4.69) is 5.10 Å². The summed E-state index contributed by atoms with van der Waals surface area (Å²) in [6, 6.07) is 4.00. The summed E-state index contributed by atoms with van der Waals surface area (Å²) in [7, 11) is 0. The Morgan fingerprint density at radius 1 is 1.27 bits per heavy atom. The number of rotatable bonds is 7. The SMILES string of the molecule is CCOC(=O)COc1ccc(C=NN2C(=O)C3C4C=CC(C4)C3C2=O)cc1[N+](=O)[O-]. The second kappa shape index (κ2) is 7.69. The maximum absolute atomic E-state index is 12.6. The van der Waals surface area contributed by atoms with Crippen molar-refractivity contribution in [3.8, 4) is 5.75 Å². The minimum absolute atomic E-state index is 0.0774. The third-order valence-corrected chi connectivity index (χ3v) is 5.60. The summed E-state index contributed by atoms with van der Waals surface area (Å²) in [6.45, 7) is 1.35. The lowest BCUT2D eigenvalue weighted by molar-refractivity contribution is -0.385. The van der Waals surface area contributed by atoms with Crippen molar-refractivity contribution in [1.29, 1.82) is 0 Å². The number of nitro benzene ring substituents is 1. The summed E-state index contributed by atoms with van der Waals surface area (Å²) in [5, 5.41) is 16.2. The van der Waals surface area contributed by atoms with Crippen molar-refractivity contribution < 1.29 is 28.8 Å². The Balaban J connectivity index is 1.49. The molecule has 1 aromatic carbocycles. The van der Waals surface area contributed by atoms with E-state index in [9.17, 15) is 24.5 Å². The van der Waals surface area contributed by atoms with Crippen LogP contribution in [0.1, 0.15) is 18.9 Å². The van der Waals surface area contributed by atoms with Crippen LogP contribution >= 0.6 is 0 Å². The van der Waals surface area contributed by atoms with Crippen molar-refractivity contribution in [2.45, 2.75) is 13.3 Å². The van der Waals surface area contributed by atoms with Crippen LogP contribution in [0, 0.1) is 33.8 Å². The van der Waals surface area contributed by atoms with Gasteiger partial charge in [-0.3, -0.25) is 19.7 Å². The maximum Gasteiger partial charge on any atom is 0.344 e. The molecule has 0 N–H and O–H groups in total. The predicted molar refractivity (Wildman–Crippen MR) is 102 cm³/mol. The Morgan fingerprint density at radius 3 is 2.53 bits per heavy atom. The Labute approximate surface area is 171 Å². The first-order valence-electron chi connectivity index (χ1n) is 9.57. The van der Waals surface area contributed by atoms with Crippen LogP contribution in [0.3, 0.4) is 0 Å². The van der Waals surface area contributed by atoms with Gasteiger partial charge >= 0.3 is 11.7 Å². The number of benzene rings is 1. The van der Waals surface area contributed by atoms with Crippen molar-refractivity contribution in [3.05, 3.63) is 46.0 Å². The van der Waals surface area contributed by atoms with E-state index >= 15 is 0 Å². The number of carbonyl (C=O) groups is 3. The molecule has 30 heavy (non-hydrogen) atoms. The number of hydrogen-bond acceptors (Lipinski definition) is 8. The molecule has 10 nitrogen and oxygen atoms in total. The molecule has 2 amide bonds. The van der Waals surface area contributed by atoms with Crippen LogP contribution in [-0.4, -0.2) is 47.1 Å². The molecule has 0 aromatic heterocycles. The van der Waals surface area contributed by atoms with Crippen molar-refractivity contribution in [2.75, 3.05) is 13.2 Å². The van der Waals surface area contributed by atoms with Crippen LogP contribution in [0.25, 0.3) is 0 Å². The van der Waals surface area contributed by atoms with E-state index in [1.54, 1.807) is 6.92 Å². The van der Waals surface area contributed by atoms with Gasteiger partial charge in [0.25, 0.3) is 11.8 Å². The van der Waals surface area contributed by atoms with Crippen molar-refractivity contribution in [3.63, 3.8) is 0 Å². The number of hydrogen-bond donors (Lipinski definition) is 0. The van der Waals surface area contributed by atoms with E-state index in [-0.39, 0.29) is 53.5 Å². The zero-order valence-corrected chi connectivity index (χ0v) is 16.1. The van der Waals surface area contributed by atoms with E-state index in [1.165, 1.54) is 24.4 Å². The Bertz CT molecular complexity index is 957. The van der Waals surface area contributed by atoms with Gasteiger partial charge < -0.3 is 9.47 Å².